The Bertz CT molecular complexity index is 393. The van der Waals surface area contributed by atoms with E-state index in [-0.39, 0.29) is 12.4 Å². The third-order valence-electron chi connectivity index (χ3n) is 3.64. The third-order valence-corrected chi connectivity index (χ3v) is 3.64. The lowest BCUT2D eigenvalue weighted by molar-refractivity contribution is 0.283. The van der Waals surface area contributed by atoms with Gasteiger partial charge in [0.15, 0.2) is 0 Å². The molecule has 0 saturated heterocycles. The first-order valence-electron chi connectivity index (χ1n) is 6.62. The van der Waals surface area contributed by atoms with Crippen molar-refractivity contribution in [2.24, 2.45) is 5.73 Å². The Morgan fingerprint density at radius 1 is 1.39 bits per heavy atom. The summed E-state index contributed by atoms with van der Waals surface area (Å²) < 4.78 is 13.2. The van der Waals surface area contributed by atoms with Gasteiger partial charge in [-0.15, -0.1) is 0 Å². The van der Waals surface area contributed by atoms with Crippen LogP contribution in [0.3, 0.4) is 0 Å². The minimum Gasteiger partial charge on any atom is -0.396 e. The molecule has 0 spiro atoms. The van der Waals surface area contributed by atoms with Gasteiger partial charge >= 0.3 is 0 Å². The number of halogens is 1. The van der Waals surface area contributed by atoms with Crippen LogP contribution in [0, 0.1) is 5.82 Å². The molecule has 0 aliphatic heterocycles. The number of benzene rings is 1. The van der Waals surface area contributed by atoms with E-state index in [2.05, 4.69) is 4.90 Å². The average Bonchev–Trinajstić information content (AvgIpc) is 2.32. The minimum absolute atomic E-state index is 0.183. The Labute approximate surface area is 107 Å². The topological polar surface area (TPSA) is 49.5 Å². The summed E-state index contributed by atoms with van der Waals surface area (Å²) in [5.74, 6) is -0.241. The van der Waals surface area contributed by atoms with Gasteiger partial charge in [0.2, 0.25) is 0 Å². The van der Waals surface area contributed by atoms with Crippen molar-refractivity contribution in [1.82, 2.24) is 0 Å². The molecule has 0 heterocycles. The van der Waals surface area contributed by atoms with Crippen LogP contribution in [-0.2, 0) is 6.54 Å². The molecule has 0 atom stereocenters. The summed E-state index contributed by atoms with van der Waals surface area (Å²) in [6.45, 7) is 1.33. The zero-order valence-corrected chi connectivity index (χ0v) is 10.6. The largest absolute Gasteiger partial charge is 0.396 e. The van der Waals surface area contributed by atoms with E-state index in [4.69, 9.17) is 10.8 Å². The number of anilines is 1. The monoisotopic (exact) mass is 252 g/mol. The standard InChI is InChI=1S/C14H21FN2O/c15-12-5-6-14(11(9-12)10-16)17(7-2-8-18)13-3-1-4-13/h5-6,9,13,18H,1-4,7-8,10,16H2. The number of aliphatic hydroxyl groups is 1. The first-order chi connectivity index (χ1) is 8.76. The summed E-state index contributed by atoms with van der Waals surface area (Å²) in [4.78, 5) is 2.28. The van der Waals surface area contributed by atoms with Crippen LogP contribution in [0.15, 0.2) is 18.2 Å². The van der Waals surface area contributed by atoms with Crippen LogP contribution >= 0.6 is 0 Å². The fourth-order valence-electron chi connectivity index (χ4n) is 2.44. The lowest BCUT2D eigenvalue weighted by Crippen LogP contribution is -2.41. The molecule has 3 N–H and O–H groups in total. The Morgan fingerprint density at radius 2 is 2.17 bits per heavy atom. The number of aliphatic hydroxyl groups excluding tert-OH is 1. The van der Waals surface area contributed by atoms with Crippen LogP contribution in [0.1, 0.15) is 31.2 Å². The molecule has 0 bridgehead atoms. The van der Waals surface area contributed by atoms with Gasteiger partial charge in [0, 0.05) is 31.4 Å². The smallest absolute Gasteiger partial charge is 0.123 e. The molecule has 3 nitrogen and oxygen atoms in total. The van der Waals surface area contributed by atoms with Crippen LogP contribution in [0.25, 0.3) is 0 Å². The van der Waals surface area contributed by atoms with Crippen LogP contribution in [-0.4, -0.2) is 24.3 Å². The molecular formula is C14H21FN2O. The molecular weight excluding hydrogens is 231 g/mol. The summed E-state index contributed by atoms with van der Waals surface area (Å²) >= 11 is 0. The fraction of sp³-hybridized carbons (Fsp3) is 0.571. The molecule has 18 heavy (non-hydrogen) atoms. The summed E-state index contributed by atoms with van der Waals surface area (Å²) in [5.41, 5.74) is 7.58. The second-order valence-corrected chi connectivity index (χ2v) is 4.83. The molecule has 1 saturated carbocycles. The lowest BCUT2D eigenvalue weighted by atomic mass is 9.90. The lowest BCUT2D eigenvalue weighted by Gasteiger charge is -2.40. The van der Waals surface area contributed by atoms with Crippen molar-refractivity contribution in [3.8, 4) is 0 Å². The fourth-order valence-corrected chi connectivity index (χ4v) is 2.44. The van der Waals surface area contributed by atoms with Crippen LogP contribution < -0.4 is 10.6 Å². The maximum absolute atomic E-state index is 13.2. The van der Waals surface area contributed by atoms with Crippen molar-refractivity contribution in [2.75, 3.05) is 18.1 Å². The zero-order chi connectivity index (χ0) is 13.0. The van der Waals surface area contributed by atoms with Gasteiger partial charge in [0.25, 0.3) is 0 Å². The molecule has 1 aromatic carbocycles. The highest BCUT2D eigenvalue weighted by Gasteiger charge is 2.26. The molecule has 1 aliphatic carbocycles. The summed E-state index contributed by atoms with van der Waals surface area (Å²) in [7, 11) is 0. The molecule has 0 unspecified atom stereocenters. The molecule has 0 amide bonds. The Morgan fingerprint density at radius 3 is 2.72 bits per heavy atom. The van der Waals surface area contributed by atoms with E-state index < -0.39 is 0 Å². The maximum atomic E-state index is 13.2. The Kier molecular flexibility index (Phi) is 4.55. The van der Waals surface area contributed by atoms with Gasteiger partial charge in [-0.05, 0) is 49.4 Å². The predicted octanol–water partition coefficient (Wildman–Crippen LogP) is 2.03. The number of nitrogens with zero attached hydrogens (tertiary/aromatic N) is 1. The Balaban J connectivity index is 2.22. The van der Waals surface area contributed by atoms with Gasteiger partial charge in [-0.3, -0.25) is 0 Å². The van der Waals surface area contributed by atoms with Gasteiger partial charge in [-0.1, -0.05) is 0 Å². The third kappa shape index (κ3) is 2.82. The highest BCUT2D eigenvalue weighted by atomic mass is 19.1. The van der Waals surface area contributed by atoms with Crippen LogP contribution in [0.2, 0.25) is 0 Å². The van der Waals surface area contributed by atoms with Gasteiger partial charge in [0.05, 0.1) is 0 Å². The zero-order valence-electron chi connectivity index (χ0n) is 10.6. The highest BCUT2D eigenvalue weighted by Crippen LogP contribution is 2.32. The van der Waals surface area contributed by atoms with Crippen LogP contribution in [0.4, 0.5) is 10.1 Å². The van der Waals surface area contributed by atoms with E-state index >= 15 is 0 Å². The first kappa shape index (κ1) is 13.3. The molecule has 2 rings (SSSR count). The average molecular weight is 252 g/mol. The van der Waals surface area contributed by atoms with E-state index in [0.29, 0.717) is 12.6 Å². The quantitative estimate of drug-likeness (QED) is 0.814. The van der Waals surface area contributed by atoms with E-state index in [1.807, 2.05) is 6.07 Å². The number of hydrogen-bond acceptors (Lipinski definition) is 3. The number of nitrogens with two attached hydrogens (primary N) is 1. The first-order valence-corrected chi connectivity index (χ1v) is 6.62. The number of hydrogen-bond donors (Lipinski definition) is 2. The normalized spacial score (nSPS) is 15.5. The summed E-state index contributed by atoms with van der Waals surface area (Å²) in [5, 5.41) is 8.99. The molecule has 1 aromatic rings. The maximum Gasteiger partial charge on any atom is 0.123 e. The Hall–Kier alpha value is -1.13. The summed E-state index contributed by atoms with van der Waals surface area (Å²) in [6, 6.07) is 5.33. The van der Waals surface area contributed by atoms with Crippen molar-refractivity contribution >= 4 is 5.69 Å². The predicted molar refractivity (Wildman–Crippen MR) is 71.0 cm³/mol. The molecule has 4 heteroatoms. The number of rotatable bonds is 6. The molecule has 1 aliphatic rings. The molecule has 1 fully saturated rings. The van der Waals surface area contributed by atoms with E-state index in [1.165, 1.54) is 31.4 Å². The SMILES string of the molecule is NCc1cc(F)ccc1N(CCCO)C1CCC1. The van der Waals surface area contributed by atoms with E-state index in [9.17, 15) is 4.39 Å². The molecule has 0 aromatic heterocycles. The van der Waals surface area contributed by atoms with Crippen molar-refractivity contribution in [3.63, 3.8) is 0 Å². The second-order valence-electron chi connectivity index (χ2n) is 4.83. The van der Waals surface area contributed by atoms with E-state index in [0.717, 1.165) is 24.2 Å². The minimum atomic E-state index is -0.241. The van der Waals surface area contributed by atoms with Crippen molar-refractivity contribution in [2.45, 2.75) is 38.3 Å². The highest BCUT2D eigenvalue weighted by molar-refractivity contribution is 5.55. The van der Waals surface area contributed by atoms with E-state index in [1.54, 1.807) is 0 Å². The van der Waals surface area contributed by atoms with Crippen molar-refractivity contribution < 1.29 is 9.50 Å². The summed E-state index contributed by atoms with van der Waals surface area (Å²) in [6.07, 6.45) is 4.33. The molecule has 0 radical (unpaired) electrons. The van der Waals surface area contributed by atoms with Gasteiger partial charge in [-0.25, -0.2) is 4.39 Å². The molecule has 100 valence electrons. The van der Waals surface area contributed by atoms with Crippen molar-refractivity contribution in [1.29, 1.82) is 0 Å². The second kappa shape index (κ2) is 6.16. The van der Waals surface area contributed by atoms with Crippen LogP contribution in [0.5, 0.6) is 0 Å². The van der Waals surface area contributed by atoms with Crippen molar-refractivity contribution in [3.05, 3.63) is 29.6 Å². The van der Waals surface area contributed by atoms with Gasteiger partial charge in [-0.2, -0.15) is 0 Å². The van der Waals surface area contributed by atoms with Gasteiger partial charge in [0.1, 0.15) is 5.82 Å². The van der Waals surface area contributed by atoms with Gasteiger partial charge < -0.3 is 15.7 Å².